The minimum absolute atomic E-state index is 0.168. The minimum atomic E-state index is -5.94. The van der Waals surface area contributed by atoms with E-state index in [-0.39, 0.29) is 6.42 Å². The van der Waals surface area contributed by atoms with Crippen molar-refractivity contribution in [2.75, 3.05) is 6.80 Å². The van der Waals surface area contributed by atoms with Crippen molar-refractivity contribution in [2.24, 2.45) is 0 Å². The van der Waals surface area contributed by atoms with Crippen LogP contribution in [0.2, 0.25) is 0 Å². The van der Waals surface area contributed by atoms with Gasteiger partial charge in [0.25, 0.3) is 0 Å². The predicted molar refractivity (Wildman–Crippen MR) is 78.2 cm³/mol. The van der Waals surface area contributed by atoms with E-state index in [9.17, 15) is 35.1 Å². The molecule has 0 aromatic heterocycles. The second-order valence-corrected chi connectivity index (χ2v) is 5.99. The lowest BCUT2D eigenvalue weighted by molar-refractivity contribution is -0.378. The molecule has 0 heterocycles. The molecule has 9 heteroatoms. The molecule has 0 N–H and O–H groups in total. The lowest BCUT2D eigenvalue weighted by atomic mass is 9.98. The zero-order valence-corrected chi connectivity index (χ0v) is 13.7. The summed E-state index contributed by atoms with van der Waals surface area (Å²) in [5.74, 6) is -14.4. The number of alkyl halides is 8. The van der Waals surface area contributed by atoms with Gasteiger partial charge in [-0.15, -0.1) is 0 Å². The first-order valence-corrected chi connectivity index (χ1v) is 7.96. The van der Waals surface area contributed by atoms with Crippen molar-refractivity contribution in [1.82, 2.24) is 4.90 Å². The maximum Gasteiger partial charge on any atom is 0.386 e. The van der Waals surface area contributed by atoms with E-state index in [1.54, 1.807) is 6.92 Å². The smallest absolute Gasteiger partial charge is 0.233 e. The Morgan fingerprint density at radius 3 is 2.12 bits per heavy atom. The molecule has 0 aliphatic heterocycles. The third-order valence-corrected chi connectivity index (χ3v) is 4.09. The van der Waals surface area contributed by atoms with Gasteiger partial charge < -0.3 is 0 Å². The molecule has 0 aromatic carbocycles. The number of hydrogen-bond acceptors (Lipinski definition) is 1. The molecule has 1 aliphatic rings. The standard InChI is InChI=1S/C16H21F8N/c1-2-3-4-8-11-14(19,20)15(21,22)16(23,24)25(12-17)13(18)9-6-5-7-10-13/h5-7,9H,2-4,8,10-12H2,1H3. The third-order valence-electron chi connectivity index (χ3n) is 4.09. The first-order chi connectivity index (χ1) is 11.5. The largest absolute Gasteiger partial charge is 0.386 e. The molecule has 0 saturated heterocycles. The summed E-state index contributed by atoms with van der Waals surface area (Å²) < 4.78 is 111. The van der Waals surface area contributed by atoms with Crippen LogP contribution in [0.25, 0.3) is 0 Å². The van der Waals surface area contributed by atoms with Crippen LogP contribution in [0.5, 0.6) is 0 Å². The fraction of sp³-hybridized carbons (Fsp3) is 0.750. The van der Waals surface area contributed by atoms with Crippen LogP contribution in [0.15, 0.2) is 24.3 Å². The highest BCUT2D eigenvalue weighted by molar-refractivity contribution is 5.19. The van der Waals surface area contributed by atoms with Gasteiger partial charge in [-0.3, -0.25) is 0 Å². The molecular formula is C16H21F8N. The van der Waals surface area contributed by atoms with Gasteiger partial charge in [0.2, 0.25) is 0 Å². The van der Waals surface area contributed by atoms with Crippen molar-refractivity contribution in [3.63, 3.8) is 0 Å². The molecule has 1 atom stereocenters. The highest BCUT2D eigenvalue weighted by Crippen LogP contribution is 2.52. The van der Waals surface area contributed by atoms with Gasteiger partial charge in [-0.2, -0.15) is 31.2 Å². The molecule has 1 rings (SSSR count). The molecule has 1 unspecified atom stereocenters. The van der Waals surface area contributed by atoms with Crippen LogP contribution in [0.4, 0.5) is 35.1 Å². The van der Waals surface area contributed by atoms with Crippen molar-refractivity contribution in [3.05, 3.63) is 24.3 Å². The summed E-state index contributed by atoms with van der Waals surface area (Å²) in [5, 5.41) is 0. The molecule has 146 valence electrons. The van der Waals surface area contributed by atoms with Crippen LogP contribution in [-0.2, 0) is 0 Å². The van der Waals surface area contributed by atoms with Crippen molar-refractivity contribution in [1.29, 1.82) is 0 Å². The number of unbranched alkanes of at least 4 members (excludes halogenated alkanes) is 3. The topological polar surface area (TPSA) is 3.24 Å². The van der Waals surface area contributed by atoms with E-state index in [0.717, 1.165) is 12.2 Å². The maximum absolute atomic E-state index is 14.5. The predicted octanol–water partition coefficient (Wildman–Crippen LogP) is 6.23. The molecule has 25 heavy (non-hydrogen) atoms. The van der Waals surface area contributed by atoms with E-state index in [1.165, 1.54) is 6.08 Å². The van der Waals surface area contributed by atoms with E-state index in [1.807, 2.05) is 0 Å². The van der Waals surface area contributed by atoms with Crippen LogP contribution in [0.3, 0.4) is 0 Å². The summed E-state index contributed by atoms with van der Waals surface area (Å²) in [5.41, 5.74) is 0. The highest BCUT2D eigenvalue weighted by Gasteiger charge is 2.75. The molecule has 0 bridgehead atoms. The second-order valence-electron chi connectivity index (χ2n) is 5.99. The molecule has 0 aromatic rings. The number of hydrogen-bond donors (Lipinski definition) is 0. The van der Waals surface area contributed by atoms with Gasteiger partial charge in [-0.25, -0.2) is 8.78 Å². The Balaban J connectivity index is 3.05. The van der Waals surface area contributed by atoms with Crippen molar-refractivity contribution in [2.45, 2.75) is 69.1 Å². The average molecular weight is 379 g/mol. The first-order valence-electron chi connectivity index (χ1n) is 7.96. The van der Waals surface area contributed by atoms with Crippen LogP contribution in [0.1, 0.15) is 45.4 Å². The summed E-state index contributed by atoms with van der Waals surface area (Å²) >= 11 is 0. The van der Waals surface area contributed by atoms with Crippen molar-refractivity contribution >= 4 is 0 Å². The van der Waals surface area contributed by atoms with Gasteiger partial charge in [0.15, 0.2) is 12.6 Å². The molecule has 0 radical (unpaired) electrons. The molecule has 1 aliphatic carbocycles. The van der Waals surface area contributed by atoms with Gasteiger partial charge in [0.1, 0.15) is 0 Å². The molecule has 0 saturated carbocycles. The zero-order valence-electron chi connectivity index (χ0n) is 13.7. The molecule has 0 fully saturated rings. The fourth-order valence-corrected chi connectivity index (χ4v) is 2.51. The van der Waals surface area contributed by atoms with Gasteiger partial charge in [-0.1, -0.05) is 44.4 Å². The number of allylic oxidation sites excluding steroid dienone is 2. The van der Waals surface area contributed by atoms with Gasteiger partial charge >= 0.3 is 17.9 Å². The van der Waals surface area contributed by atoms with Gasteiger partial charge in [0.05, 0.1) is 0 Å². The number of halogens is 8. The van der Waals surface area contributed by atoms with Crippen molar-refractivity contribution in [3.8, 4) is 0 Å². The maximum atomic E-state index is 14.5. The molecular weight excluding hydrogens is 358 g/mol. The average Bonchev–Trinajstić information content (AvgIpc) is 2.52. The molecule has 0 spiro atoms. The van der Waals surface area contributed by atoms with E-state index >= 15 is 0 Å². The summed E-state index contributed by atoms with van der Waals surface area (Å²) in [7, 11) is 0. The van der Waals surface area contributed by atoms with E-state index < -0.39 is 54.6 Å². The Kier molecular flexibility index (Phi) is 7.06. The minimum Gasteiger partial charge on any atom is -0.233 e. The van der Waals surface area contributed by atoms with Gasteiger partial charge in [0, 0.05) is 12.8 Å². The summed E-state index contributed by atoms with van der Waals surface area (Å²) in [6, 6.07) is -5.72. The summed E-state index contributed by atoms with van der Waals surface area (Å²) in [6.07, 6.45) is 2.15. The van der Waals surface area contributed by atoms with Crippen LogP contribution in [-0.4, -0.2) is 35.4 Å². The van der Waals surface area contributed by atoms with Crippen LogP contribution >= 0.6 is 0 Å². The van der Waals surface area contributed by atoms with Crippen molar-refractivity contribution < 1.29 is 35.1 Å². The fourth-order valence-electron chi connectivity index (χ4n) is 2.51. The lowest BCUT2D eigenvalue weighted by Crippen LogP contribution is -2.66. The number of rotatable bonds is 10. The zero-order chi connectivity index (χ0) is 19.4. The van der Waals surface area contributed by atoms with E-state index in [0.29, 0.717) is 18.9 Å². The quantitative estimate of drug-likeness (QED) is 0.247. The Hall–Kier alpha value is -1.12. The monoisotopic (exact) mass is 379 g/mol. The Labute approximate surface area is 141 Å². The Morgan fingerprint density at radius 1 is 1.00 bits per heavy atom. The van der Waals surface area contributed by atoms with E-state index in [2.05, 4.69) is 0 Å². The molecule has 0 amide bonds. The van der Waals surface area contributed by atoms with Gasteiger partial charge in [-0.05, 0) is 12.5 Å². The molecule has 1 nitrogen and oxygen atoms in total. The summed E-state index contributed by atoms with van der Waals surface area (Å²) in [4.78, 5) is -1.15. The lowest BCUT2D eigenvalue weighted by Gasteiger charge is -2.43. The Morgan fingerprint density at radius 2 is 1.64 bits per heavy atom. The normalized spacial score (nSPS) is 22.0. The highest BCUT2D eigenvalue weighted by atomic mass is 19.3. The first kappa shape index (κ1) is 21.9. The van der Waals surface area contributed by atoms with E-state index in [4.69, 9.17) is 0 Å². The second kappa shape index (κ2) is 8.05. The number of nitrogens with zero attached hydrogens (tertiary/aromatic N) is 1. The summed E-state index contributed by atoms with van der Waals surface area (Å²) in [6.45, 7) is -0.601. The third kappa shape index (κ3) is 4.35. The van der Waals surface area contributed by atoms with Crippen LogP contribution in [0, 0.1) is 0 Å². The van der Waals surface area contributed by atoms with Crippen LogP contribution < -0.4 is 0 Å². The Bertz CT molecular complexity index is 489. The SMILES string of the molecule is CCCCCCC(F)(F)C(F)(F)C(F)(F)N(CF)C1(F)C=CC=CC1.